The molecule has 0 heterocycles. The van der Waals surface area contributed by atoms with Crippen molar-refractivity contribution in [3.05, 3.63) is 71.0 Å². The van der Waals surface area contributed by atoms with Gasteiger partial charge in [-0.05, 0) is 55.0 Å². The average Bonchev–Trinajstić information content (AvgIpc) is 2.56. The number of carbonyl (C=O) groups excluding carboxylic acids is 2. The lowest BCUT2D eigenvalue weighted by molar-refractivity contribution is -0.148. The lowest BCUT2D eigenvalue weighted by atomic mass is 10.2. The Balaban J connectivity index is 1.87. The molecule has 0 aliphatic rings. The SMILES string of the molecule is C[C@@H](OC(=O)/C=C/c1ccc(F)cc1)C(=O)Nc1ccc(Cl)cc1. The molecule has 124 valence electrons. The molecule has 2 aromatic carbocycles. The number of hydrogen-bond donors (Lipinski definition) is 1. The van der Waals surface area contributed by atoms with Crippen LogP contribution in [0.4, 0.5) is 10.1 Å². The van der Waals surface area contributed by atoms with Crippen LogP contribution in [0.25, 0.3) is 6.08 Å². The Morgan fingerprint density at radius 2 is 1.75 bits per heavy atom. The first-order valence-electron chi connectivity index (χ1n) is 7.15. The number of rotatable bonds is 5. The zero-order chi connectivity index (χ0) is 17.5. The molecule has 2 rings (SSSR count). The lowest BCUT2D eigenvalue weighted by Gasteiger charge is -2.12. The van der Waals surface area contributed by atoms with E-state index in [1.807, 2.05) is 0 Å². The lowest BCUT2D eigenvalue weighted by Crippen LogP contribution is -2.29. The summed E-state index contributed by atoms with van der Waals surface area (Å²) in [6.07, 6.45) is 1.69. The molecule has 0 aromatic heterocycles. The van der Waals surface area contributed by atoms with E-state index in [0.717, 1.165) is 0 Å². The summed E-state index contributed by atoms with van der Waals surface area (Å²) >= 11 is 5.76. The van der Waals surface area contributed by atoms with Crippen molar-refractivity contribution < 1.29 is 18.7 Å². The summed E-state index contributed by atoms with van der Waals surface area (Å²) in [5.74, 6) is -1.49. The Labute approximate surface area is 143 Å². The quantitative estimate of drug-likeness (QED) is 0.655. The highest BCUT2D eigenvalue weighted by Gasteiger charge is 2.16. The summed E-state index contributed by atoms with van der Waals surface area (Å²) < 4.78 is 17.8. The first-order valence-corrected chi connectivity index (χ1v) is 7.52. The summed E-state index contributed by atoms with van der Waals surface area (Å²) in [4.78, 5) is 23.7. The molecule has 1 N–H and O–H groups in total. The van der Waals surface area contributed by atoms with Gasteiger partial charge in [0.25, 0.3) is 5.91 Å². The third kappa shape index (κ3) is 5.52. The van der Waals surface area contributed by atoms with E-state index in [2.05, 4.69) is 5.32 Å². The molecule has 0 spiro atoms. The summed E-state index contributed by atoms with van der Waals surface area (Å²) in [6, 6.07) is 12.2. The van der Waals surface area contributed by atoms with Gasteiger partial charge in [0.2, 0.25) is 0 Å². The van der Waals surface area contributed by atoms with Crippen molar-refractivity contribution in [2.24, 2.45) is 0 Å². The van der Waals surface area contributed by atoms with Crippen LogP contribution in [0.3, 0.4) is 0 Å². The van der Waals surface area contributed by atoms with E-state index in [-0.39, 0.29) is 5.82 Å². The predicted octanol–water partition coefficient (Wildman–Crippen LogP) is 4.06. The molecule has 0 saturated carbocycles. The second-order valence-corrected chi connectivity index (χ2v) is 5.40. The van der Waals surface area contributed by atoms with Crippen molar-refractivity contribution in [3.63, 3.8) is 0 Å². The largest absolute Gasteiger partial charge is 0.449 e. The number of anilines is 1. The van der Waals surface area contributed by atoms with E-state index in [1.165, 1.54) is 43.3 Å². The van der Waals surface area contributed by atoms with Crippen LogP contribution in [0.5, 0.6) is 0 Å². The molecule has 0 aliphatic carbocycles. The normalized spacial score (nSPS) is 12.0. The fraction of sp³-hybridized carbons (Fsp3) is 0.111. The molecule has 0 saturated heterocycles. The summed E-state index contributed by atoms with van der Waals surface area (Å²) in [7, 11) is 0. The monoisotopic (exact) mass is 347 g/mol. The molecular formula is C18H15ClFNO3. The number of ether oxygens (including phenoxy) is 1. The van der Waals surface area contributed by atoms with Gasteiger partial charge in [0.15, 0.2) is 6.10 Å². The van der Waals surface area contributed by atoms with Crippen LogP contribution in [0, 0.1) is 5.82 Å². The predicted molar refractivity (Wildman–Crippen MR) is 91.1 cm³/mol. The Morgan fingerprint density at radius 1 is 1.12 bits per heavy atom. The molecule has 24 heavy (non-hydrogen) atoms. The van der Waals surface area contributed by atoms with Crippen LogP contribution in [0.2, 0.25) is 5.02 Å². The van der Waals surface area contributed by atoms with E-state index in [1.54, 1.807) is 24.3 Å². The number of carbonyl (C=O) groups is 2. The fourth-order valence-electron chi connectivity index (χ4n) is 1.78. The first-order chi connectivity index (χ1) is 11.4. The van der Waals surface area contributed by atoms with Gasteiger partial charge in [0.05, 0.1) is 0 Å². The number of nitrogens with one attached hydrogen (secondary N) is 1. The zero-order valence-electron chi connectivity index (χ0n) is 12.8. The van der Waals surface area contributed by atoms with Crippen molar-refractivity contribution in [2.75, 3.05) is 5.32 Å². The van der Waals surface area contributed by atoms with Crippen molar-refractivity contribution in [1.82, 2.24) is 0 Å². The Morgan fingerprint density at radius 3 is 2.38 bits per heavy atom. The molecule has 6 heteroatoms. The molecule has 0 aliphatic heterocycles. The minimum atomic E-state index is -0.967. The van der Waals surface area contributed by atoms with Gasteiger partial charge >= 0.3 is 5.97 Å². The van der Waals surface area contributed by atoms with Crippen LogP contribution >= 0.6 is 11.6 Å². The van der Waals surface area contributed by atoms with E-state index in [0.29, 0.717) is 16.3 Å². The third-order valence-electron chi connectivity index (χ3n) is 3.06. The topological polar surface area (TPSA) is 55.4 Å². The number of halogens is 2. The van der Waals surface area contributed by atoms with Gasteiger partial charge in [0, 0.05) is 16.8 Å². The molecule has 0 unspecified atom stereocenters. The number of esters is 1. The van der Waals surface area contributed by atoms with Crippen molar-refractivity contribution in [3.8, 4) is 0 Å². The number of amides is 1. The van der Waals surface area contributed by atoms with E-state index in [9.17, 15) is 14.0 Å². The highest BCUT2D eigenvalue weighted by Crippen LogP contribution is 2.14. The van der Waals surface area contributed by atoms with Crippen LogP contribution in [-0.4, -0.2) is 18.0 Å². The van der Waals surface area contributed by atoms with Gasteiger partial charge < -0.3 is 10.1 Å². The van der Waals surface area contributed by atoms with Crippen molar-refractivity contribution in [2.45, 2.75) is 13.0 Å². The Hall–Kier alpha value is -2.66. The molecular weight excluding hydrogens is 333 g/mol. The van der Waals surface area contributed by atoms with Crippen molar-refractivity contribution >= 4 is 35.2 Å². The van der Waals surface area contributed by atoms with Gasteiger partial charge in [-0.15, -0.1) is 0 Å². The van der Waals surface area contributed by atoms with Crippen LogP contribution < -0.4 is 5.32 Å². The van der Waals surface area contributed by atoms with E-state index >= 15 is 0 Å². The first kappa shape index (κ1) is 17.7. The molecule has 1 atom stereocenters. The van der Waals surface area contributed by atoms with E-state index in [4.69, 9.17) is 16.3 Å². The molecule has 0 radical (unpaired) electrons. The molecule has 1 amide bonds. The van der Waals surface area contributed by atoms with Gasteiger partial charge in [-0.2, -0.15) is 0 Å². The van der Waals surface area contributed by atoms with Crippen LogP contribution in [0.1, 0.15) is 12.5 Å². The van der Waals surface area contributed by atoms with Crippen LogP contribution in [-0.2, 0) is 14.3 Å². The Bertz CT molecular complexity index is 742. The minimum Gasteiger partial charge on any atom is -0.449 e. The molecule has 0 bridgehead atoms. The van der Waals surface area contributed by atoms with E-state index < -0.39 is 18.0 Å². The summed E-state index contributed by atoms with van der Waals surface area (Å²) in [5.41, 5.74) is 1.20. The van der Waals surface area contributed by atoms with Gasteiger partial charge in [-0.3, -0.25) is 4.79 Å². The third-order valence-corrected chi connectivity index (χ3v) is 3.31. The van der Waals surface area contributed by atoms with Gasteiger partial charge in [0.1, 0.15) is 5.82 Å². The Kier molecular flexibility index (Phi) is 6.09. The second-order valence-electron chi connectivity index (χ2n) is 4.96. The maximum Gasteiger partial charge on any atom is 0.331 e. The number of benzene rings is 2. The maximum absolute atomic E-state index is 12.8. The fourth-order valence-corrected chi connectivity index (χ4v) is 1.91. The van der Waals surface area contributed by atoms with Crippen molar-refractivity contribution in [1.29, 1.82) is 0 Å². The highest BCUT2D eigenvalue weighted by molar-refractivity contribution is 6.30. The van der Waals surface area contributed by atoms with Gasteiger partial charge in [-0.1, -0.05) is 23.7 Å². The summed E-state index contributed by atoms with van der Waals surface area (Å²) in [5, 5.41) is 3.17. The average molecular weight is 348 g/mol. The highest BCUT2D eigenvalue weighted by atomic mass is 35.5. The second kappa shape index (κ2) is 8.26. The smallest absolute Gasteiger partial charge is 0.331 e. The number of hydrogen-bond acceptors (Lipinski definition) is 3. The maximum atomic E-state index is 12.8. The molecule has 2 aromatic rings. The zero-order valence-corrected chi connectivity index (χ0v) is 13.6. The standard InChI is InChI=1S/C18H15ClFNO3/c1-12(18(23)21-16-9-5-14(19)6-10-16)24-17(22)11-4-13-2-7-15(20)8-3-13/h2-12H,1H3,(H,21,23)/b11-4+/t12-/m1/s1. The molecule has 4 nitrogen and oxygen atoms in total. The van der Waals surface area contributed by atoms with Crippen LogP contribution in [0.15, 0.2) is 54.6 Å². The minimum absolute atomic E-state index is 0.359. The summed E-state index contributed by atoms with van der Waals surface area (Å²) in [6.45, 7) is 1.47. The van der Waals surface area contributed by atoms with Gasteiger partial charge in [-0.25, -0.2) is 9.18 Å². The molecule has 0 fully saturated rings.